The van der Waals surface area contributed by atoms with E-state index in [2.05, 4.69) is 25.7 Å². The first kappa shape index (κ1) is 13.9. The van der Waals surface area contributed by atoms with Crippen molar-refractivity contribution in [3.8, 4) is 0 Å². The Balaban J connectivity index is 2.77. The fourth-order valence-corrected chi connectivity index (χ4v) is 1.78. The van der Waals surface area contributed by atoms with Gasteiger partial charge in [0, 0.05) is 6.04 Å². The molecule has 1 N–H and O–H groups in total. The molecular formula is C15H22FN. The zero-order chi connectivity index (χ0) is 12.7. The Labute approximate surface area is 104 Å². The molecule has 0 aromatic heterocycles. The van der Waals surface area contributed by atoms with Crippen LogP contribution < -0.4 is 5.32 Å². The zero-order valence-corrected chi connectivity index (χ0v) is 10.8. The van der Waals surface area contributed by atoms with Crippen molar-refractivity contribution < 1.29 is 4.39 Å². The van der Waals surface area contributed by atoms with Gasteiger partial charge < -0.3 is 5.32 Å². The third kappa shape index (κ3) is 4.70. The van der Waals surface area contributed by atoms with Crippen LogP contribution in [0, 0.1) is 5.82 Å². The Morgan fingerprint density at radius 3 is 2.76 bits per heavy atom. The number of hydrogen-bond donors (Lipinski definition) is 1. The van der Waals surface area contributed by atoms with E-state index in [-0.39, 0.29) is 11.9 Å². The summed E-state index contributed by atoms with van der Waals surface area (Å²) in [6.45, 7) is 9.21. The van der Waals surface area contributed by atoms with Gasteiger partial charge in [0.05, 0.1) is 0 Å². The molecule has 1 atom stereocenters. The van der Waals surface area contributed by atoms with Gasteiger partial charge in [0.25, 0.3) is 0 Å². The van der Waals surface area contributed by atoms with Gasteiger partial charge in [-0.25, -0.2) is 4.39 Å². The van der Waals surface area contributed by atoms with Gasteiger partial charge in [-0.05, 0) is 43.5 Å². The molecule has 0 amide bonds. The molecule has 2 heteroatoms. The smallest absolute Gasteiger partial charge is 0.123 e. The summed E-state index contributed by atoms with van der Waals surface area (Å²) in [5, 5.41) is 3.45. The Morgan fingerprint density at radius 1 is 1.41 bits per heavy atom. The van der Waals surface area contributed by atoms with Gasteiger partial charge in [0.15, 0.2) is 0 Å². The predicted molar refractivity (Wildman–Crippen MR) is 71.5 cm³/mol. The summed E-state index contributed by atoms with van der Waals surface area (Å²) < 4.78 is 13.2. The summed E-state index contributed by atoms with van der Waals surface area (Å²) in [7, 11) is 0. The van der Waals surface area contributed by atoms with Crippen LogP contribution in [-0.4, -0.2) is 6.54 Å². The van der Waals surface area contributed by atoms with E-state index in [1.807, 2.05) is 6.07 Å². The Morgan fingerprint density at radius 2 is 2.18 bits per heavy atom. The number of rotatable bonds is 7. The molecule has 0 spiro atoms. The molecule has 1 unspecified atom stereocenters. The third-order valence-corrected chi connectivity index (χ3v) is 2.88. The molecule has 1 aromatic rings. The van der Waals surface area contributed by atoms with Crippen molar-refractivity contribution in [2.75, 3.05) is 6.54 Å². The second kappa shape index (κ2) is 7.23. The van der Waals surface area contributed by atoms with E-state index in [0.29, 0.717) is 0 Å². The van der Waals surface area contributed by atoms with Gasteiger partial charge in [-0.2, -0.15) is 0 Å². The first-order chi connectivity index (χ1) is 8.17. The molecule has 0 heterocycles. The normalized spacial score (nSPS) is 12.4. The van der Waals surface area contributed by atoms with Crippen molar-refractivity contribution >= 4 is 0 Å². The van der Waals surface area contributed by atoms with Crippen LogP contribution in [-0.2, 0) is 0 Å². The molecule has 0 fully saturated rings. The number of benzene rings is 1. The lowest BCUT2D eigenvalue weighted by molar-refractivity contribution is 0.519. The van der Waals surface area contributed by atoms with E-state index in [1.54, 1.807) is 12.1 Å². The third-order valence-electron chi connectivity index (χ3n) is 2.88. The summed E-state index contributed by atoms with van der Waals surface area (Å²) in [4.78, 5) is 0. The summed E-state index contributed by atoms with van der Waals surface area (Å²) in [5.41, 5.74) is 2.20. The highest BCUT2D eigenvalue weighted by Crippen LogP contribution is 2.22. The monoisotopic (exact) mass is 235 g/mol. The minimum Gasteiger partial charge on any atom is -0.310 e. The van der Waals surface area contributed by atoms with Crippen molar-refractivity contribution in [1.29, 1.82) is 0 Å². The molecule has 0 radical (unpaired) electrons. The molecular weight excluding hydrogens is 213 g/mol. The quantitative estimate of drug-likeness (QED) is 0.698. The van der Waals surface area contributed by atoms with Gasteiger partial charge >= 0.3 is 0 Å². The van der Waals surface area contributed by atoms with E-state index in [9.17, 15) is 4.39 Å². The van der Waals surface area contributed by atoms with Crippen LogP contribution in [0.5, 0.6) is 0 Å². The minimum absolute atomic E-state index is 0.173. The second-order valence-electron chi connectivity index (χ2n) is 4.37. The van der Waals surface area contributed by atoms with Crippen LogP contribution >= 0.6 is 0 Å². The van der Waals surface area contributed by atoms with Gasteiger partial charge in [0.1, 0.15) is 5.82 Å². The molecule has 0 aliphatic carbocycles. The Kier molecular flexibility index (Phi) is 5.92. The van der Waals surface area contributed by atoms with Crippen molar-refractivity contribution in [3.05, 3.63) is 47.8 Å². The SMILES string of the molecule is C=C(CC)CC(NCCC)c1cccc(F)c1. The fourth-order valence-electron chi connectivity index (χ4n) is 1.78. The molecule has 1 aromatic carbocycles. The average molecular weight is 235 g/mol. The molecule has 94 valence electrons. The topological polar surface area (TPSA) is 12.0 Å². The highest BCUT2D eigenvalue weighted by molar-refractivity contribution is 5.21. The summed E-state index contributed by atoms with van der Waals surface area (Å²) in [6.07, 6.45) is 2.92. The van der Waals surface area contributed by atoms with Crippen molar-refractivity contribution in [1.82, 2.24) is 5.32 Å². The number of hydrogen-bond acceptors (Lipinski definition) is 1. The van der Waals surface area contributed by atoms with Crippen LogP contribution in [0.3, 0.4) is 0 Å². The highest BCUT2D eigenvalue weighted by Gasteiger charge is 2.11. The summed E-state index contributed by atoms with van der Waals surface area (Å²) in [5.74, 6) is -0.173. The van der Waals surface area contributed by atoms with E-state index < -0.39 is 0 Å². The minimum atomic E-state index is -0.173. The molecule has 0 aliphatic heterocycles. The van der Waals surface area contributed by atoms with E-state index >= 15 is 0 Å². The standard InChI is InChI=1S/C15H22FN/c1-4-9-17-15(10-12(3)5-2)13-7-6-8-14(16)11-13/h6-8,11,15,17H,3-5,9-10H2,1-2H3. The molecule has 0 bridgehead atoms. The average Bonchev–Trinajstić information content (AvgIpc) is 2.34. The van der Waals surface area contributed by atoms with Crippen LogP contribution in [0.2, 0.25) is 0 Å². The maximum Gasteiger partial charge on any atom is 0.123 e. The van der Waals surface area contributed by atoms with Crippen molar-refractivity contribution in [3.63, 3.8) is 0 Å². The van der Waals surface area contributed by atoms with Gasteiger partial charge in [0.2, 0.25) is 0 Å². The van der Waals surface area contributed by atoms with E-state index in [4.69, 9.17) is 0 Å². The van der Waals surface area contributed by atoms with Crippen LogP contribution in [0.1, 0.15) is 44.7 Å². The maximum absolute atomic E-state index is 13.2. The first-order valence-electron chi connectivity index (χ1n) is 6.32. The lowest BCUT2D eigenvalue weighted by Gasteiger charge is -2.20. The largest absolute Gasteiger partial charge is 0.310 e. The first-order valence-corrected chi connectivity index (χ1v) is 6.32. The Bertz CT molecular complexity index is 360. The van der Waals surface area contributed by atoms with E-state index in [1.165, 1.54) is 11.6 Å². The number of nitrogens with one attached hydrogen (secondary N) is 1. The predicted octanol–water partition coefficient (Wildman–Crippen LogP) is 4.22. The summed E-state index contributed by atoms with van der Waals surface area (Å²) in [6, 6.07) is 7.00. The lowest BCUT2D eigenvalue weighted by Crippen LogP contribution is -2.22. The second-order valence-corrected chi connectivity index (χ2v) is 4.37. The number of halogens is 1. The Hall–Kier alpha value is -1.15. The van der Waals surface area contributed by atoms with Crippen molar-refractivity contribution in [2.24, 2.45) is 0 Å². The van der Waals surface area contributed by atoms with Crippen LogP contribution in [0.25, 0.3) is 0 Å². The molecule has 1 rings (SSSR count). The highest BCUT2D eigenvalue weighted by atomic mass is 19.1. The summed E-state index contributed by atoms with van der Waals surface area (Å²) >= 11 is 0. The molecule has 0 saturated carbocycles. The fraction of sp³-hybridized carbons (Fsp3) is 0.467. The van der Waals surface area contributed by atoms with Gasteiger partial charge in [-0.15, -0.1) is 0 Å². The van der Waals surface area contributed by atoms with Crippen LogP contribution in [0.4, 0.5) is 4.39 Å². The zero-order valence-electron chi connectivity index (χ0n) is 10.8. The maximum atomic E-state index is 13.2. The molecule has 17 heavy (non-hydrogen) atoms. The lowest BCUT2D eigenvalue weighted by atomic mass is 9.98. The van der Waals surface area contributed by atoms with Gasteiger partial charge in [-0.3, -0.25) is 0 Å². The molecule has 0 saturated heterocycles. The van der Waals surface area contributed by atoms with E-state index in [0.717, 1.165) is 31.4 Å². The molecule has 1 nitrogen and oxygen atoms in total. The van der Waals surface area contributed by atoms with Crippen molar-refractivity contribution in [2.45, 2.75) is 39.2 Å². The van der Waals surface area contributed by atoms with Gasteiger partial charge in [-0.1, -0.05) is 38.1 Å². The molecule has 0 aliphatic rings. The van der Waals surface area contributed by atoms with Crippen LogP contribution in [0.15, 0.2) is 36.4 Å².